The summed E-state index contributed by atoms with van der Waals surface area (Å²) in [6.45, 7) is 4.65. The summed E-state index contributed by atoms with van der Waals surface area (Å²) in [6, 6.07) is 5.12. The molecule has 0 aliphatic carbocycles. The van der Waals surface area contributed by atoms with Crippen LogP contribution in [0.4, 0.5) is 5.69 Å². The molecule has 0 saturated heterocycles. The summed E-state index contributed by atoms with van der Waals surface area (Å²) in [5.41, 5.74) is 0.706. The Morgan fingerprint density at radius 1 is 1.09 bits per heavy atom. The molecule has 128 valence electrons. The number of hydrogen-bond donors (Lipinski definition) is 0. The fourth-order valence-electron chi connectivity index (χ4n) is 2.08. The summed E-state index contributed by atoms with van der Waals surface area (Å²) < 4.78 is 5.13. The Balaban J connectivity index is 2.68. The standard InChI is InChI=1S/C17H23Cl2NO3/c1-3-6-16(21)20(10-5-11-23-17(22)7-4-2)13-8-9-14(18)15(19)12-13/h8-9,12H,3-7,10-11H2,1-2H3. The van der Waals surface area contributed by atoms with E-state index in [9.17, 15) is 9.59 Å². The lowest BCUT2D eigenvalue weighted by molar-refractivity contribution is -0.143. The average molecular weight is 360 g/mol. The molecule has 0 aliphatic heterocycles. The summed E-state index contributed by atoms with van der Waals surface area (Å²) in [4.78, 5) is 25.3. The summed E-state index contributed by atoms with van der Waals surface area (Å²) >= 11 is 12.0. The van der Waals surface area contributed by atoms with Crippen molar-refractivity contribution in [3.05, 3.63) is 28.2 Å². The molecule has 1 aromatic rings. The third-order valence-corrected chi connectivity index (χ3v) is 3.96. The number of nitrogens with zero attached hydrogens (tertiary/aromatic N) is 1. The maximum Gasteiger partial charge on any atom is 0.305 e. The van der Waals surface area contributed by atoms with Crippen molar-refractivity contribution >= 4 is 40.8 Å². The number of benzene rings is 1. The van der Waals surface area contributed by atoms with Gasteiger partial charge in [0, 0.05) is 25.1 Å². The maximum atomic E-state index is 12.3. The summed E-state index contributed by atoms with van der Waals surface area (Å²) in [5.74, 6) is -0.181. The molecule has 0 spiro atoms. The summed E-state index contributed by atoms with van der Waals surface area (Å²) in [5, 5.41) is 0.861. The predicted octanol–water partition coefficient (Wildman–Crippen LogP) is 4.86. The molecule has 0 unspecified atom stereocenters. The lowest BCUT2D eigenvalue weighted by atomic mass is 10.2. The van der Waals surface area contributed by atoms with Crippen LogP contribution < -0.4 is 4.90 Å². The molecule has 4 nitrogen and oxygen atoms in total. The van der Waals surface area contributed by atoms with E-state index in [2.05, 4.69) is 0 Å². The zero-order valence-electron chi connectivity index (χ0n) is 13.6. The van der Waals surface area contributed by atoms with Crippen molar-refractivity contribution in [1.29, 1.82) is 0 Å². The van der Waals surface area contributed by atoms with Crippen molar-refractivity contribution in [2.75, 3.05) is 18.1 Å². The molecule has 0 aromatic heterocycles. The third kappa shape index (κ3) is 6.80. The maximum absolute atomic E-state index is 12.3. The lowest BCUT2D eigenvalue weighted by Crippen LogP contribution is -2.32. The first kappa shape index (κ1) is 19.8. The van der Waals surface area contributed by atoms with Gasteiger partial charge in [-0.25, -0.2) is 0 Å². The van der Waals surface area contributed by atoms with Gasteiger partial charge in [-0.3, -0.25) is 9.59 Å². The second kappa shape index (κ2) is 10.5. The molecule has 6 heteroatoms. The van der Waals surface area contributed by atoms with E-state index in [0.717, 1.165) is 12.8 Å². The minimum Gasteiger partial charge on any atom is -0.466 e. The van der Waals surface area contributed by atoms with Crippen molar-refractivity contribution in [1.82, 2.24) is 0 Å². The van der Waals surface area contributed by atoms with E-state index < -0.39 is 0 Å². The Morgan fingerprint density at radius 2 is 1.78 bits per heavy atom. The van der Waals surface area contributed by atoms with Gasteiger partial charge in [0.15, 0.2) is 0 Å². The zero-order chi connectivity index (χ0) is 17.2. The van der Waals surface area contributed by atoms with Gasteiger partial charge in [0.1, 0.15) is 0 Å². The molecule has 0 radical (unpaired) electrons. The Morgan fingerprint density at radius 3 is 2.39 bits per heavy atom. The van der Waals surface area contributed by atoms with Gasteiger partial charge in [0.05, 0.1) is 16.7 Å². The third-order valence-electron chi connectivity index (χ3n) is 3.22. The monoisotopic (exact) mass is 359 g/mol. The van der Waals surface area contributed by atoms with E-state index in [4.69, 9.17) is 27.9 Å². The first-order valence-electron chi connectivity index (χ1n) is 7.90. The first-order chi connectivity index (χ1) is 11.0. The van der Waals surface area contributed by atoms with Crippen LogP contribution in [0.2, 0.25) is 10.0 Å². The van der Waals surface area contributed by atoms with Crippen LogP contribution in [0, 0.1) is 0 Å². The van der Waals surface area contributed by atoms with Crippen LogP contribution >= 0.6 is 23.2 Å². The van der Waals surface area contributed by atoms with Crippen molar-refractivity contribution in [3.8, 4) is 0 Å². The van der Waals surface area contributed by atoms with Crippen LogP contribution in [0.25, 0.3) is 0 Å². The van der Waals surface area contributed by atoms with E-state index in [-0.39, 0.29) is 11.9 Å². The van der Waals surface area contributed by atoms with E-state index in [1.807, 2.05) is 13.8 Å². The van der Waals surface area contributed by atoms with E-state index in [1.165, 1.54) is 0 Å². The minimum absolute atomic E-state index is 0.0192. The smallest absolute Gasteiger partial charge is 0.305 e. The normalized spacial score (nSPS) is 10.4. The first-order valence-corrected chi connectivity index (χ1v) is 8.66. The highest BCUT2D eigenvalue weighted by atomic mass is 35.5. The van der Waals surface area contributed by atoms with Gasteiger partial charge >= 0.3 is 5.97 Å². The number of ether oxygens (including phenoxy) is 1. The Kier molecular flexibility index (Phi) is 9.03. The molecule has 0 heterocycles. The number of halogens is 2. The molecule has 0 bridgehead atoms. The van der Waals surface area contributed by atoms with Crippen molar-refractivity contribution < 1.29 is 14.3 Å². The van der Waals surface area contributed by atoms with Gasteiger partial charge in [0.2, 0.25) is 5.91 Å². The number of carbonyl (C=O) groups is 2. The summed E-state index contributed by atoms with van der Waals surface area (Å²) in [6.07, 6.45) is 2.98. The Labute approximate surface area is 147 Å². The Hall–Kier alpha value is -1.26. The SMILES string of the molecule is CCCC(=O)OCCCN(C(=O)CCC)c1ccc(Cl)c(Cl)c1. The van der Waals surface area contributed by atoms with Crippen molar-refractivity contribution in [3.63, 3.8) is 0 Å². The minimum atomic E-state index is -0.200. The topological polar surface area (TPSA) is 46.6 Å². The van der Waals surface area contributed by atoms with Crippen LogP contribution in [0.1, 0.15) is 46.0 Å². The highest BCUT2D eigenvalue weighted by molar-refractivity contribution is 6.42. The molecule has 1 aromatic carbocycles. The molecular formula is C17H23Cl2NO3. The van der Waals surface area contributed by atoms with Gasteiger partial charge in [-0.05, 0) is 37.5 Å². The highest BCUT2D eigenvalue weighted by Gasteiger charge is 2.16. The second-order valence-corrected chi connectivity index (χ2v) is 6.03. The molecule has 0 saturated carbocycles. The number of esters is 1. The molecule has 1 rings (SSSR count). The van der Waals surface area contributed by atoms with E-state index in [0.29, 0.717) is 48.1 Å². The van der Waals surface area contributed by atoms with Gasteiger partial charge in [-0.2, -0.15) is 0 Å². The molecule has 23 heavy (non-hydrogen) atoms. The fourth-order valence-corrected chi connectivity index (χ4v) is 2.38. The van der Waals surface area contributed by atoms with Crippen LogP contribution in [0.15, 0.2) is 18.2 Å². The van der Waals surface area contributed by atoms with Gasteiger partial charge in [-0.15, -0.1) is 0 Å². The molecule has 0 aliphatic rings. The predicted molar refractivity (Wildman–Crippen MR) is 94.2 cm³/mol. The number of amides is 1. The number of hydrogen-bond acceptors (Lipinski definition) is 3. The van der Waals surface area contributed by atoms with Crippen LogP contribution in [0.3, 0.4) is 0 Å². The summed E-state index contributed by atoms with van der Waals surface area (Å²) in [7, 11) is 0. The van der Waals surface area contributed by atoms with Crippen molar-refractivity contribution in [2.45, 2.75) is 46.0 Å². The van der Waals surface area contributed by atoms with Gasteiger partial charge in [-0.1, -0.05) is 37.0 Å². The molecule has 0 fully saturated rings. The second-order valence-electron chi connectivity index (χ2n) is 5.22. The number of carbonyl (C=O) groups excluding carboxylic acids is 2. The van der Waals surface area contributed by atoms with Crippen LogP contribution in [-0.2, 0) is 14.3 Å². The van der Waals surface area contributed by atoms with Gasteiger partial charge in [0.25, 0.3) is 0 Å². The van der Waals surface area contributed by atoms with E-state index in [1.54, 1.807) is 23.1 Å². The fraction of sp³-hybridized carbons (Fsp3) is 0.529. The van der Waals surface area contributed by atoms with Crippen LogP contribution in [-0.4, -0.2) is 25.0 Å². The number of anilines is 1. The zero-order valence-corrected chi connectivity index (χ0v) is 15.1. The van der Waals surface area contributed by atoms with Gasteiger partial charge < -0.3 is 9.64 Å². The van der Waals surface area contributed by atoms with Crippen molar-refractivity contribution in [2.24, 2.45) is 0 Å². The van der Waals surface area contributed by atoms with Crippen LogP contribution in [0.5, 0.6) is 0 Å². The number of rotatable bonds is 9. The van der Waals surface area contributed by atoms with E-state index >= 15 is 0 Å². The molecule has 0 N–H and O–H groups in total. The lowest BCUT2D eigenvalue weighted by Gasteiger charge is -2.23. The molecular weight excluding hydrogens is 337 g/mol. The average Bonchev–Trinajstić information content (AvgIpc) is 2.51. The largest absolute Gasteiger partial charge is 0.466 e. The Bertz CT molecular complexity index is 535. The molecule has 0 atom stereocenters. The highest BCUT2D eigenvalue weighted by Crippen LogP contribution is 2.27. The molecule has 1 amide bonds. The quantitative estimate of drug-likeness (QED) is 0.467.